The minimum atomic E-state index is 0.541. The smallest absolute Gasteiger partial charge is 0.257 e. The maximum Gasteiger partial charge on any atom is 0.349 e. The Kier molecular flexibility index (Phi) is 2.64. The number of allylic oxidation sites excluding steroid dienone is 5. The van der Waals surface area contributed by atoms with E-state index in [1.54, 1.807) is 7.11 Å². The number of hydrogen-bond donors (Lipinski definition) is 0. The molecule has 0 aliphatic heterocycles. The fourth-order valence-corrected chi connectivity index (χ4v) is 1.12. The van der Waals surface area contributed by atoms with Gasteiger partial charge in [0.1, 0.15) is 0 Å². The second-order valence-corrected chi connectivity index (χ2v) is 3.23. The first-order valence-electron chi connectivity index (χ1n) is 4.15. The van der Waals surface area contributed by atoms with Crippen LogP contribution in [-0.4, -0.2) is 12.9 Å². The van der Waals surface area contributed by atoms with Crippen LogP contribution in [0.15, 0.2) is 36.0 Å². The summed E-state index contributed by atoms with van der Waals surface area (Å²) in [7, 11) is 1.67. The van der Waals surface area contributed by atoms with Crippen LogP contribution in [0.2, 0.25) is 0 Å². The highest BCUT2D eigenvalue weighted by Crippen LogP contribution is 2.17. The van der Waals surface area contributed by atoms with Crippen LogP contribution in [0.4, 0.5) is 0 Å². The van der Waals surface area contributed by atoms with Gasteiger partial charge in [-0.2, -0.15) is 0 Å². The van der Waals surface area contributed by atoms with Gasteiger partial charge in [-0.15, -0.1) is 0 Å². The van der Waals surface area contributed by atoms with Crippen molar-refractivity contribution in [2.75, 3.05) is 7.11 Å². The zero-order valence-corrected chi connectivity index (χ0v) is 7.92. The highest BCUT2D eigenvalue weighted by atomic mass is 16.4. The Bertz CT molecular complexity index is 277. The summed E-state index contributed by atoms with van der Waals surface area (Å²) >= 11 is 0. The van der Waals surface area contributed by atoms with E-state index in [-0.39, 0.29) is 0 Å². The third kappa shape index (κ3) is 1.73. The number of ketones is 1. The molecule has 0 bridgehead atoms. The Hall–Kier alpha value is -1.11. The molecule has 0 fully saturated rings. The summed E-state index contributed by atoms with van der Waals surface area (Å²) in [6.07, 6.45) is 6.14. The summed E-state index contributed by atoms with van der Waals surface area (Å²) in [5.74, 6) is 1.42. The monoisotopic (exact) mass is 163 g/mol. The average molecular weight is 163 g/mol. The second-order valence-electron chi connectivity index (χ2n) is 3.23. The topological polar surface area (TPSA) is 11.3 Å². The van der Waals surface area contributed by atoms with Crippen LogP contribution in [0, 0.1) is 5.92 Å². The van der Waals surface area contributed by atoms with E-state index in [1.807, 2.05) is 12.2 Å². The van der Waals surface area contributed by atoms with Crippen LogP contribution in [0.5, 0.6) is 0 Å². The van der Waals surface area contributed by atoms with Crippen LogP contribution >= 0.6 is 0 Å². The van der Waals surface area contributed by atoms with Gasteiger partial charge in [-0.3, -0.25) is 4.42 Å². The molecule has 0 saturated heterocycles. The second kappa shape index (κ2) is 3.53. The van der Waals surface area contributed by atoms with Gasteiger partial charge in [-0.05, 0) is 17.6 Å². The summed E-state index contributed by atoms with van der Waals surface area (Å²) in [6, 6.07) is 0. The third-order valence-electron chi connectivity index (χ3n) is 1.98. The van der Waals surface area contributed by atoms with E-state index in [0.29, 0.717) is 5.92 Å². The highest BCUT2D eigenvalue weighted by molar-refractivity contribution is 6.07. The summed E-state index contributed by atoms with van der Waals surface area (Å²) < 4.78 is 5.17. The van der Waals surface area contributed by atoms with Gasteiger partial charge in [0.15, 0.2) is 0 Å². The van der Waals surface area contributed by atoms with Crippen molar-refractivity contribution in [3.8, 4) is 0 Å². The molecule has 1 aliphatic rings. The predicted octanol–water partition coefficient (Wildman–Crippen LogP) is 2.43. The standard InChI is InChI=1S/C11H15O/c1-8(2)10-6-5-9(3)11(7-10)12-4/h5-8H,3H2,1-2,4H3/q+1. The van der Waals surface area contributed by atoms with Crippen molar-refractivity contribution < 1.29 is 4.42 Å². The molecule has 0 atom stereocenters. The fourth-order valence-electron chi connectivity index (χ4n) is 1.12. The average Bonchev–Trinajstić information content (AvgIpc) is 2.05. The summed E-state index contributed by atoms with van der Waals surface area (Å²) in [4.78, 5) is 0. The molecule has 1 aliphatic carbocycles. The van der Waals surface area contributed by atoms with E-state index in [9.17, 15) is 0 Å². The van der Waals surface area contributed by atoms with Gasteiger partial charge >= 0.3 is 5.78 Å². The molecular formula is C11H15O+. The van der Waals surface area contributed by atoms with E-state index in [1.165, 1.54) is 5.57 Å². The van der Waals surface area contributed by atoms with Crippen LogP contribution in [0.3, 0.4) is 0 Å². The van der Waals surface area contributed by atoms with Gasteiger partial charge in [0, 0.05) is 6.08 Å². The zero-order chi connectivity index (χ0) is 9.14. The highest BCUT2D eigenvalue weighted by Gasteiger charge is 2.16. The molecule has 1 rings (SSSR count). The minimum Gasteiger partial charge on any atom is -0.257 e. The van der Waals surface area contributed by atoms with Crippen molar-refractivity contribution in [3.63, 3.8) is 0 Å². The third-order valence-corrected chi connectivity index (χ3v) is 1.98. The molecule has 64 valence electrons. The summed E-state index contributed by atoms with van der Waals surface area (Å²) in [5.41, 5.74) is 2.24. The maximum atomic E-state index is 5.17. The molecule has 0 spiro atoms. The van der Waals surface area contributed by atoms with Crippen LogP contribution < -0.4 is 0 Å². The largest absolute Gasteiger partial charge is 0.349 e. The molecule has 1 nitrogen and oxygen atoms in total. The fraction of sp³-hybridized carbons (Fsp3) is 0.364. The number of hydrogen-bond acceptors (Lipinski definition) is 0. The van der Waals surface area contributed by atoms with E-state index >= 15 is 0 Å². The Balaban J connectivity index is 2.96. The van der Waals surface area contributed by atoms with Crippen molar-refractivity contribution in [2.24, 2.45) is 5.92 Å². The van der Waals surface area contributed by atoms with Crippen LogP contribution in [-0.2, 0) is 4.42 Å². The first-order chi connectivity index (χ1) is 5.65. The molecule has 1 heteroatoms. The first kappa shape index (κ1) is 8.98. The molecule has 0 amide bonds. The molecule has 0 aromatic heterocycles. The first-order valence-corrected chi connectivity index (χ1v) is 4.15. The molecule has 0 N–H and O–H groups in total. The Morgan fingerprint density at radius 2 is 2.00 bits per heavy atom. The molecule has 0 aromatic carbocycles. The zero-order valence-electron chi connectivity index (χ0n) is 7.92. The van der Waals surface area contributed by atoms with Crippen molar-refractivity contribution >= 4 is 5.78 Å². The lowest BCUT2D eigenvalue weighted by Crippen LogP contribution is -2.06. The van der Waals surface area contributed by atoms with Crippen molar-refractivity contribution in [3.05, 3.63) is 36.0 Å². The van der Waals surface area contributed by atoms with Gasteiger partial charge in [-0.25, -0.2) is 0 Å². The lowest BCUT2D eigenvalue weighted by Gasteiger charge is -2.08. The molecule has 0 aromatic rings. The summed E-state index contributed by atoms with van der Waals surface area (Å²) in [5, 5.41) is 0. The van der Waals surface area contributed by atoms with Crippen LogP contribution in [0.1, 0.15) is 13.8 Å². The van der Waals surface area contributed by atoms with Crippen molar-refractivity contribution in [1.82, 2.24) is 0 Å². The molecule has 0 unspecified atom stereocenters. The van der Waals surface area contributed by atoms with Gasteiger partial charge in [-0.1, -0.05) is 26.5 Å². The quantitative estimate of drug-likeness (QED) is 0.415. The Morgan fingerprint density at radius 1 is 1.33 bits per heavy atom. The van der Waals surface area contributed by atoms with Gasteiger partial charge in [0.05, 0.1) is 5.57 Å². The van der Waals surface area contributed by atoms with E-state index in [2.05, 4.69) is 26.5 Å². The van der Waals surface area contributed by atoms with E-state index in [0.717, 1.165) is 11.4 Å². The maximum absolute atomic E-state index is 5.17. The number of rotatable bonds is 1. The van der Waals surface area contributed by atoms with E-state index < -0.39 is 0 Å². The predicted molar refractivity (Wildman–Crippen MR) is 52.1 cm³/mol. The Labute approximate surface area is 73.8 Å². The normalized spacial score (nSPS) is 20.5. The van der Waals surface area contributed by atoms with Gasteiger partial charge < -0.3 is 0 Å². The SMILES string of the molecule is C=C1C=CC(C(C)C)=CC1=[O+]C. The van der Waals surface area contributed by atoms with E-state index in [4.69, 9.17) is 4.42 Å². The molecule has 0 radical (unpaired) electrons. The van der Waals surface area contributed by atoms with Gasteiger partial charge in [0.2, 0.25) is 0 Å². The number of carbonyl (C=O) groups excluding carboxylic acids is 1. The minimum absolute atomic E-state index is 0.541. The lowest BCUT2D eigenvalue weighted by molar-refractivity contribution is -0.418. The van der Waals surface area contributed by atoms with Crippen LogP contribution in [0.25, 0.3) is 0 Å². The molecular weight excluding hydrogens is 148 g/mol. The van der Waals surface area contributed by atoms with Crippen molar-refractivity contribution in [2.45, 2.75) is 13.8 Å². The summed E-state index contributed by atoms with van der Waals surface area (Å²) in [6.45, 7) is 8.20. The lowest BCUT2D eigenvalue weighted by atomic mass is 9.95. The molecule has 12 heavy (non-hydrogen) atoms. The molecule has 0 saturated carbocycles. The molecule has 0 heterocycles. The Morgan fingerprint density at radius 3 is 2.50 bits per heavy atom. The van der Waals surface area contributed by atoms with Crippen molar-refractivity contribution in [1.29, 1.82) is 0 Å². The van der Waals surface area contributed by atoms with Gasteiger partial charge in [0.25, 0.3) is 7.11 Å².